The highest BCUT2D eigenvalue weighted by Crippen LogP contribution is 2.18. The van der Waals surface area contributed by atoms with E-state index in [2.05, 4.69) is 9.47 Å². The van der Waals surface area contributed by atoms with Gasteiger partial charge in [-0.25, -0.2) is 9.59 Å². The lowest BCUT2D eigenvalue weighted by molar-refractivity contribution is -0.422. The van der Waals surface area contributed by atoms with Crippen LogP contribution in [0.2, 0.25) is 0 Å². The Morgan fingerprint density at radius 1 is 1.23 bits per heavy atom. The molecule has 0 atom stereocenters. The molecule has 0 saturated heterocycles. The van der Waals surface area contributed by atoms with Crippen molar-refractivity contribution in [2.24, 2.45) is 0 Å². The van der Waals surface area contributed by atoms with Gasteiger partial charge in [0.1, 0.15) is 5.75 Å². The third-order valence-electron chi connectivity index (χ3n) is 2.61. The second-order valence-electron chi connectivity index (χ2n) is 4.16. The van der Waals surface area contributed by atoms with Crippen LogP contribution < -0.4 is 4.74 Å². The van der Waals surface area contributed by atoms with Gasteiger partial charge in [0.2, 0.25) is 5.70 Å². The van der Waals surface area contributed by atoms with Crippen molar-refractivity contribution in [1.29, 1.82) is 0 Å². The summed E-state index contributed by atoms with van der Waals surface area (Å²) in [6.45, 7) is 1.35. The SMILES string of the molecule is COC(=O)C(Oc1cccc(/C=C(\C)[N+](=O)[O-])c1)C(=O)OC. The molecule has 0 unspecified atom stereocenters. The highest BCUT2D eigenvalue weighted by molar-refractivity contribution is 5.98. The molecule has 0 aliphatic carbocycles. The van der Waals surface area contributed by atoms with Crippen molar-refractivity contribution in [3.8, 4) is 5.75 Å². The van der Waals surface area contributed by atoms with Crippen LogP contribution in [0.15, 0.2) is 30.0 Å². The first-order valence-corrected chi connectivity index (χ1v) is 6.14. The quantitative estimate of drug-likeness (QED) is 0.338. The van der Waals surface area contributed by atoms with Crippen molar-refractivity contribution < 1.29 is 28.7 Å². The minimum atomic E-state index is -1.56. The number of ether oxygens (including phenoxy) is 3. The fourth-order valence-electron chi connectivity index (χ4n) is 1.51. The summed E-state index contributed by atoms with van der Waals surface area (Å²) >= 11 is 0. The standard InChI is InChI=1S/C14H15NO7/c1-9(15(18)19)7-10-5-4-6-11(8-10)22-12(13(16)20-2)14(17)21-3/h4-8,12H,1-3H3/b9-7+. The maximum absolute atomic E-state index is 11.5. The first-order valence-electron chi connectivity index (χ1n) is 6.14. The van der Waals surface area contributed by atoms with E-state index >= 15 is 0 Å². The van der Waals surface area contributed by atoms with Crippen LogP contribution in [-0.4, -0.2) is 37.2 Å². The molecule has 0 saturated carbocycles. The van der Waals surface area contributed by atoms with Gasteiger partial charge < -0.3 is 14.2 Å². The monoisotopic (exact) mass is 309 g/mol. The number of nitrogens with zero attached hydrogens (tertiary/aromatic N) is 1. The van der Waals surface area contributed by atoms with E-state index < -0.39 is 23.0 Å². The Labute approximate surface area is 126 Å². The molecule has 0 aliphatic heterocycles. The van der Waals surface area contributed by atoms with Crippen molar-refractivity contribution >= 4 is 18.0 Å². The molecule has 0 bridgehead atoms. The van der Waals surface area contributed by atoms with Gasteiger partial charge >= 0.3 is 11.9 Å². The van der Waals surface area contributed by atoms with Crippen LogP contribution in [0.5, 0.6) is 5.75 Å². The number of rotatable bonds is 6. The molecule has 22 heavy (non-hydrogen) atoms. The summed E-state index contributed by atoms with van der Waals surface area (Å²) in [6.07, 6.45) is -0.233. The van der Waals surface area contributed by atoms with E-state index in [4.69, 9.17) is 4.74 Å². The van der Waals surface area contributed by atoms with Crippen LogP contribution in [-0.2, 0) is 19.1 Å². The summed E-state index contributed by atoms with van der Waals surface area (Å²) in [7, 11) is 2.22. The maximum Gasteiger partial charge on any atom is 0.359 e. The van der Waals surface area contributed by atoms with Gasteiger partial charge in [-0.2, -0.15) is 0 Å². The Bertz CT molecular complexity index is 593. The Hall–Kier alpha value is -2.90. The van der Waals surface area contributed by atoms with Crippen molar-refractivity contribution in [2.45, 2.75) is 13.0 Å². The zero-order chi connectivity index (χ0) is 16.7. The molecule has 0 amide bonds. The second kappa shape index (κ2) is 7.77. The average molecular weight is 309 g/mol. The lowest BCUT2D eigenvalue weighted by Crippen LogP contribution is -2.37. The number of hydrogen-bond acceptors (Lipinski definition) is 7. The van der Waals surface area contributed by atoms with Crippen LogP contribution in [0.3, 0.4) is 0 Å². The Morgan fingerprint density at radius 3 is 2.32 bits per heavy atom. The Kier molecular flexibility index (Phi) is 6.06. The molecule has 0 N–H and O–H groups in total. The Morgan fingerprint density at radius 2 is 1.82 bits per heavy atom. The third-order valence-corrected chi connectivity index (χ3v) is 2.61. The van der Waals surface area contributed by atoms with Crippen LogP contribution >= 0.6 is 0 Å². The van der Waals surface area contributed by atoms with Crippen LogP contribution in [0, 0.1) is 10.1 Å². The predicted octanol–water partition coefficient (Wildman–Crippen LogP) is 1.42. The van der Waals surface area contributed by atoms with Crippen LogP contribution in [0.4, 0.5) is 0 Å². The molecule has 0 radical (unpaired) electrons. The van der Waals surface area contributed by atoms with Gasteiger partial charge in [-0.05, 0) is 17.7 Å². The van der Waals surface area contributed by atoms with Crippen LogP contribution in [0.1, 0.15) is 12.5 Å². The first kappa shape index (κ1) is 17.2. The summed E-state index contributed by atoms with van der Waals surface area (Å²) in [4.78, 5) is 33.1. The second-order valence-corrected chi connectivity index (χ2v) is 4.16. The molecule has 0 aromatic heterocycles. The first-order chi connectivity index (χ1) is 10.4. The zero-order valence-electron chi connectivity index (χ0n) is 12.3. The number of esters is 2. The van der Waals surface area contributed by atoms with Crippen molar-refractivity contribution in [3.05, 3.63) is 45.6 Å². The number of carbonyl (C=O) groups is 2. The van der Waals surface area contributed by atoms with Gasteiger partial charge in [0.25, 0.3) is 6.10 Å². The minimum absolute atomic E-state index is 0.0605. The summed E-state index contributed by atoms with van der Waals surface area (Å²) in [5.74, 6) is -1.64. The normalized spacial score (nSPS) is 11.0. The number of nitro groups is 1. The molecule has 1 aromatic rings. The molecule has 8 heteroatoms. The highest BCUT2D eigenvalue weighted by Gasteiger charge is 2.31. The van der Waals surface area contributed by atoms with Crippen molar-refractivity contribution in [1.82, 2.24) is 0 Å². The molecule has 0 fully saturated rings. The van der Waals surface area contributed by atoms with Gasteiger partial charge in [0.05, 0.1) is 19.1 Å². The van der Waals surface area contributed by atoms with E-state index in [9.17, 15) is 19.7 Å². The molecule has 0 heterocycles. The molecule has 118 valence electrons. The van der Waals surface area contributed by atoms with Crippen molar-refractivity contribution in [3.63, 3.8) is 0 Å². The van der Waals surface area contributed by atoms with Crippen LogP contribution in [0.25, 0.3) is 6.08 Å². The van der Waals surface area contributed by atoms with Gasteiger partial charge in [-0.15, -0.1) is 0 Å². The van der Waals surface area contributed by atoms with E-state index in [0.717, 1.165) is 14.2 Å². The van der Waals surface area contributed by atoms with E-state index in [-0.39, 0.29) is 11.4 Å². The number of hydrogen-bond donors (Lipinski definition) is 0. The third kappa shape index (κ3) is 4.58. The lowest BCUT2D eigenvalue weighted by atomic mass is 10.2. The highest BCUT2D eigenvalue weighted by atomic mass is 16.6. The topological polar surface area (TPSA) is 105 Å². The average Bonchev–Trinajstić information content (AvgIpc) is 2.51. The number of allylic oxidation sites excluding steroid dienone is 1. The lowest BCUT2D eigenvalue weighted by Gasteiger charge is -2.14. The maximum atomic E-state index is 11.5. The fourth-order valence-corrected chi connectivity index (χ4v) is 1.51. The smallest absolute Gasteiger partial charge is 0.359 e. The molecular formula is C14H15NO7. The molecular weight excluding hydrogens is 294 g/mol. The molecule has 0 spiro atoms. The zero-order valence-corrected chi connectivity index (χ0v) is 12.3. The molecule has 0 aliphatic rings. The molecule has 1 aromatic carbocycles. The van der Waals surface area contributed by atoms with E-state index in [1.165, 1.54) is 25.1 Å². The van der Waals surface area contributed by atoms with Gasteiger partial charge in [0, 0.05) is 13.0 Å². The summed E-state index contributed by atoms with van der Waals surface area (Å²) in [6, 6.07) is 6.13. The van der Waals surface area contributed by atoms with Gasteiger partial charge in [-0.3, -0.25) is 10.1 Å². The fraction of sp³-hybridized carbons (Fsp3) is 0.286. The Balaban J connectivity index is 3.02. The number of carbonyl (C=O) groups excluding carboxylic acids is 2. The largest absolute Gasteiger partial charge is 0.467 e. The van der Waals surface area contributed by atoms with Crippen molar-refractivity contribution in [2.75, 3.05) is 14.2 Å². The van der Waals surface area contributed by atoms with Gasteiger partial charge in [0.15, 0.2) is 0 Å². The van der Waals surface area contributed by atoms with Gasteiger partial charge in [-0.1, -0.05) is 12.1 Å². The molecule has 8 nitrogen and oxygen atoms in total. The summed E-state index contributed by atoms with van der Waals surface area (Å²) in [5.41, 5.74) is 0.426. The summed E-state index contributed by atoms with van der Waals surface area (Å²) < 4.78 is 14.2. The van der Waals surface area contributed by atoms with E-state index in [0.29, 0.717) is 5.56 Å². The van der Waals surface area contributed by atoms with E-state index in [1.54, 1.807) is 12.1 Å². The summed E-state index contributed by atoms with van der Waals surface area (Å²) in [5, 5.41) is 10.6. The molecule has 1 rings (SSSR count). The number of methoxy groups -OCH3 is 2. The number of benzene rings is 1. The van der Waals surface area contributed by atoms with E-state index in [1.807, 2.05) is 0 Å². The minimum Gasteiger partial charge on any atom is -0.467 e. The predicted molar refractivity (Wildman–Crippen MR) is 75.5 cm³/mol.